The molecule has 0 spiro atoms. The van der Waals surface area contributed by atoms with Gasteiger partial charge in [0.05, 0.1) is 0 Å². The van der Waals surface area contributed by atoms with E-state index in [0.717, 1.165) is 19.3 Å². The minimum atomic E-state index is -0.824. The topological polar surface area (TPSA) is 66.4 Å². The van der Waals surface area contributed by atoms with Crippen molar-refractivity contribution in [3.05, 3.63) is 35.4 Å². The molecule has 1 amide bonds. The monoisotopic (exact) mass is 291 g/mol. The lowest BCUT2D eigenvalue weighted by atomic mass is 10.1. The molecule has 1 atom stereocenters. The van der Waals surface area contributed by atoms with Gasteiger partial charge in [-0.15, -0.1) is 0 Å². The molecule has 4 nitrogen and oxygen atoms in total. The predicted molar refractivity (Wildman–Crippen MR) is 83.2 cm³/mol. The summed E-state index contributed by atoms with van der Waals surface area (Å²) < 4.78 is 0. The summed E-state index contributed by atoms with van der Waals surface area (Å²) in [7, 11) is 0. The maximum absolute atomic E-state index is 11.6. The summed E-state index contributed by atoms with van der Waals surface area (Å²) in [5.74, 6) is -0.843. The molecular weight excluding hydrogens is 266 g/mol. The van der Waals surface area contributed by atoms with Crippen molar-refractivity contribution in [1.82, 2.24) is 5.32 Å². The standard InChI is InChI=1S/C17H25NO3/c1-13-7-9-15(10-8-13)5-3-4-6-16(19)18-12-14(2)11-17(20)21/h7-10,14H,3-6,11-12H2,1-2H3,(H,18,19)(H,20,21). The van der Waals surface area contributed by atoms with Crippen LogP contribution in [0, 0.1) is 12.8 Å². The summed E-state index contributed by atoms with van der Waals surface area (Å²) in [6, 6.07) is 8.46. The Morgan fingerprint density at radius 1 is 1.19 bits per heavy atom. The summed E-state index contributed by atoms with van der Waals surface area (Å²) in [6.45, 7) is 4.33. The van der Waals surface area contributed by atoms with Crippen molar-refractivity contribution in [3.63, 3.8) is 0 Å². The molecule has 0 bridgehead atoms. The van der Waals surface area contributed by atoms with Gasteiger partial charge < -0.3 is 10.4 Å². The number of carboxylic acids is 1. The molecule has 0 aromatic heterocycles. The zero-order chi connectivity index (χ0) is 15.7. The van der Waals surface area contributed by atoms with E-state index in [0.29, 0.717) is 13.0 Å². The number of rotatable bonds is 9. The summed E-state index contributed by atoms with van der Waals surface area (Å²) >= 11 is 0. The molecule has 0 saturated heterocycles. The van der Waals surface area contributed by atoms with Gasteiger partial charge in [0.25, 0.3) is 0 Å². The van der Waals surface area contributed by atoms with E-state index >= 15 is 0 Å². The van der Waals surface area contributed by atoms with Crippen LogP contribution in [0.4, 0.5) is 0 Å². The Labute approximate surface area is 126 Å². The Kier molecular flexibility index (Phi) is 7.51. The van der Waals surface area contributed by atoms with E-state index in [1.807, 2.05) is 6.92 Å². The summed E-state index contributed by atoms with van der Waals surface area (Å²) in [5, 5.41) is 11.4. The van der Waals surface area contributed by atoms with Gasteiger partial charge in [-0.05, 0) is 37.7 Å². The van der Waals surface area contributed by atoms with Gasteiger partial charge in [-0.2, -0.15) is 0 Å². The minimum Gasteiger partial charge on any atom is -0.481 e. The molecule has 0 heterocycles. The van der Waals surface area contributed by atoms with Crippen LogP contribution in [0.3, 0.4) is 0 Å². The number of aryl methyl sites for hydroxylation is 2. The second-order valence-corrected chi connectivity index (χ2v) is 5.70. The lowest BCUT2D eigenvalue weighted by Gasteiger charge is -2.10. The van der Waals surface area contributed by atoms with E-state index in [2.05, 4.69) is 36.5 Å². The predicted octanol–water partition coefficient (Wildman–Crippen LogP) is 2.93. The largest absolute Gasteiger partial charge is 0.481 e. The first-order valence-corrected chi connectivity index (χ1v) is 7.51. The Hall–Kier alpha value is -1.84. The molecule has 0 aliphatic rings. The van der Waals surface area contributed by atoms with Gasteiger partial charge in [-0.1, -0.05) is 36.8 Å². The molecule has 0 saturated carbocycles. The molecule has 0 aliphatic heterocycles. The molecule has 0 fully saturated rings. The van der Waals surface area contributed by atoms with E-state index in [-0.39, 0.29) is 18.2 Å². The summed E-state index contributed by atoms with van der Waals surface area (Å²) in [4.78, 5) is 22.1. The molecule has 0 radical (unpaired) electrons. The van der Waals surface area contributed by atoms with E-state index in [4.69, 9.17) is 5.11 Å². The van der Waals surface area contributed by atoms with Crippen molar-refractivity contribution in [2.45, 2.75) is 46.0 Å². The molecule has 116 valence electrons. The van der Waals surface area contributed by atoms with Gasteiger partial charge in [0, 0.05) is 19.4 Å². The van der Waals surface area contributed by atoms with Crippen LogP contribution in [0.1, 0.15) is 43.7 Å². The van der Waals surface area contributed by atoms with Crippen LogP contribution >= 0.6 is 0 Å². The van der Waals surface area contributed by atoms with Gasteiger partial charge in [0.2, 0.25) is 5.91 Å². The number of hydrogen-bond donors (Lipinski definition) is 2. The Morgan fingerprint density at radius 3 is 2.48 bits per heavy atom. The normalized spacial score (nSPS) is 11.9. The van der Waals surface area contributed by atoms with Gasteiger partial charge in [0.15, 0.2) is 0 Å². The van der Waals surface area contributed by atoms with Crippen LogP contribution in [-0.2, 0) is 16.0 Å². The van der Waals surface area contributed by atoms with Crippen molar-refractivity contribution in [3.8, 4) is 0 Å². The van der Waals surface area contributed by atoms with Crippen LogP contribution in [-0.4, -0.2) is 23.5 Å². The number of benzene rings is 1. The SMILES string of the molecule is Cc1ccc(CCCCC(=O)NCC(C)CC(=O)O)cc1. The van der Waals surface area contributed by atoms with Crippen molar-refractivity contribution in [2.24, 2.45) is 5.92 Å². The molecule has 0 aliphatic carbocycles. The van der Waals surface area contributed by atoms with E-state index < -0.39 is 5.97 Å². The Morgan fingerprint density at radius 2 is 1.86 bits per heavy atom. The third-order valence-electron chi connectivity index (χ3n) is 3.41. The molecule has 1 unspecified atom stereocenters. The Bertz CT molecular complexity index is 454. The van der Waals surface area contributed by atoms with Gasteiger partial charge in [0.1, 0.15) is 0 Å². The highest BCUT2D eigenvalue weighted by atomic mass is 16.4. The fraction of sp³-hybridized carbons (Fsp3) is 0.529. The van der Waals surface area contributed by atoms with Crippen LogP contribution < -0.4 is 5.32 Å². The second kappa shape index (κ2) is 9.16. The molecule has 21 heavy (non-hydrogen) atoms. The molecule has 1 aromatic rings. The van der Waals surface area contributed by atoms with Crippen molar-refractivity contribution in [2.75, 3.05) is 6.54 Å². The van der Waals surface area contributed by atoms with E-state index in [1.54, 1.807) is 0 Å². The lowest BCUT2D eigenvalue weighted by Crippen LogP contribution is -2.28. The fourth-order valence-electron chi connectivity index (χ4n) is 2.12. The number of hydrogen-bond acceptors (Lipinski definition) is 2. The smallest absolute Gasteiger partial charge is 0.303 e. The molecule has 2 N–H and O–H groups in total. The fourth-order valence-corrected chi connectivity index (χ4v) is 2.12. The molecular formula is C17H25NO3. The van der Waals surface area contributed by atoms with Crippen molar-refractivity contribution in [1.29, 1.82) is 0 Å². The average molecular weight is 291 g/mol. The highest BCUT2D eigenvalue weighted by Crippen LogP contribution is 2.08. The van der Waals surface area contributed by atoms with E-state index in [9.17, 15) is 9.59 Å². The number of nitrogens with one attached hydrogen (secondary N) is 1. The summed E-state index contributed by atoms with van der Waals surface area (Å²) in [6.07, 6.45) is 3.43. The number of unbranched alkanes of at least 4 members (excludes halogenated alkanes) is 1. The highest BCUT2D eigenvalue weighted by Gasteiger charge is 2.09. The minimum absolute atomic E-state index is 0.0103. The third kappa shape index (κ3) is 8.12. The molecule has 1 rings (SSSR count). The maximum atomic E-state index is 11.6. The molecule has 4 heteroatoms. The number of carbonyl (C=O) groups excluding carboxylic acids is 1. The van der Waals surface area contributed by atoms with Crippen LogP contribution in [0.2, 0.25) is 0 Å². The van der Waals surface area contributed by atoms with Gasteiger partial charge in [-0.3, -0.25) is 9.59 Å². The van der Waals surface area contributed by atoms with Gasteiger partial charge in [-0.25, -0.2) is 0 Å². The van der Waals surface area contributed by atoms with Crippen LogP contribution in [0.15, 0.2) is 24.3 Å². The quantitative estimate of drug-likeness (QED) is 0.687. The zero-order valence-electron chi connectivity index (χ0n) is 12.9. The summed E-state index contributed by atoms with van der Waals surface area (Å²) in [5.41, 5.74) is 2.56. The number of amides is 1. The maximum Gasteiger partial charge on any atom is 0.303 e. The van der Waals surface area contributed by atoms with Crippen LogP contribution in [0.5, 0.6) is 0 Å². The first-order valence-electron chi connectivity index (χ1n) is 7.51. The van der Waals surface area contributed by atoms with Crippen LogP contribution in [0.25, 0.3) is 0 Å². The second-order valence-electron chi connectivity index (χ2n) is 5.70. The highest BCUT2D eigenvalue weighted by molar-refractivity contribution is 5.75. The number of carbonyl (C=O) groups is 2. The number of carboxylic acid groups (broad SMARTS) is 1. The lowest BCUT2D eigenvalue weighted by molar-refractivity contribution is -0.138. The van der Waals surface area contributed by atoms with Crippen molar-refractivity contribution >= 4 is 11.9 Å². The zero-order valence-corrected chi connectivity index (χ0v) is 12.9. The van der Waals surface area contributed by atoms with Gasteiger partial charge >= 0.3 is 5.97 Å². The van der Waals surface area contributed by atoms with Crippen molar-refractivity contribution < 1.29 is 14.7 Å². The first-order chi connectivity index (χ1) is 9.97. The first kappa shape index (κ1) is 17.2. The molecule has 1 aromatic carbocycles. The van der Waals surface area contributed by atoms with E-state index in [1.165, 1.54) is 11.1 Å². The Balaban J connectivity index is 2.10. The third-order valence-corrected chi connectivity index (χ3v) is 3.41. The number of aliphatic carboxylic acids is 1. The average Bonchev–Trinajstić information content (AvgIpc) is 2.42.